The lowest BCUT2D eigenvalue weighted by Gasteiger charge is -2.06. The molecule has 0 aliphatic rings. The highest BCUT2D eigenvalue weighted by Crippen LogP contribution is 2.30. The third-order valence-corrected chi connectivity index (χ3v) is 3.05. The van der Waals surface area contributed by atoms with Crippen molar-refractivity contribution in [3.8, 4) is 17.0 Å². The Morgan fingerprint density at radius 1 is 1.16 bits per heavy atom. The minimum absolute atomic E-state index is 0.285. The lowest BCUT2D eigenvalue weighted by Crippen LogP contribution is -1.88. The summed E-state index contributed by atoms with van der Waals surface area (Å²) in [5.74, 6) is 0.474. The van der Waals surface area contributed by atoms with Crippen molar-refractivity contribution < 1.29 is 9.13 Å². The lowest BCUT2D eigenvalue weighted by molar-refractivity contribution is 0.416. The fourth-order valence-electron chi connectivity index (χ4n) is 2.12. The summed E-state index contributed by atoms with van der Waals surface area (Å²) in [7, 11) is 1.63. The smallest absolute Gasteiger partial charge is 0.139 e. The SMILES string of the molecule is COc1ccc(C)cc1-c1cn2cc(F)ccc2n1. The molecule has 3 aromatic rings. The summed E-state index contributed by atoms with van der Waals surface area (Å²) < 4.78 is 20.2. The van der Waals surface area contributed by atoms with Gasteiger partial charge < -0.3 is 9.14 Å². The summed E-state index contributed by atoms with van der Waals surface area (Å²) in [5.41, 5.74) is 3.51. The first-order valence-electron chi connectivity index (χ1n) is 5.96. The standard InChI is InChI=1S/C15H13FN2O/c1-10-3-5-14(19-2)12(7-10)13-9-18-8-11(16)4-6-15(18)17-13/h3-9H,1-2H3. The van der Waals surface area contributed by atoms with Crippen molar-refractivity contribution in [1.29, 1.82) is 0 Å². The minimum atomic E-state index is -0.285. The molecule has 3 rings (SSSR count). The van der Waals surface area contributed by atoms with Gasteiger partial charge in [-0.3, -0.25) is 0 Å². The van der Waals surface area contributed by atoms with Gasteiger partial charge in [-0.1, -0.05) is 11.6 Å². The topological polar surface area (TPSA) is 26.5 Å². The van der Waals surface area contributed by atoms with E-state index in [0.29, 0.717) is 5.65 Å². The molecule has 0 fully saturated rings. The van der Waals surface area contributed by atoms with E-state index in [1.165, 1.54) is 12.3 Å². The van der Waals surface area contributed by atoms with Crippen LogP contribution in [-0.4, -0.2) is 16.5 Å². The molecule has 0 aliphatic heterocycles. The van der Waals surface area contributed by atoms with Crippen LogP contribution in [0, 0.1) is 12.7 Å². The molecule has 3 nitrogen and oxygen atoms in total. The van der Waals surface area contributed by atoms with E-state index in [-0.39, 0.29) is 5.82 Å². The van der Waals surface area contributed by atoms with Crippen LogP contribution in [0.5, 0.6) is 5.75 Å². The molecule has 0 unspecified atom stereocenters. The summed E-state index contributed by atoms with van der Waals surface area (Å²) in [5, 5.41) is 0. The van der Waals surface area contributed by atoms with E-state index in [2.05, 4.69) is 4.98 Å². The van der Waals surface area contributed by atoms with Crippen LogP contribution < -0.4 is 4.74 Å². The molecule has 0 atom stereocenters. The number of hydrogen-bond donors (Lipinski definition) is 0. The van der Waals surface area contributed by atoms with E-state index in [1.807, 2.05) is 25.1 Å². The number of benzene rings is 1. The number of methoxy groups -OCH3 is 1. The van der Waals surface area contributed by atoms with Gasteiger partial charge in [-0.15, -0.1) is 0 Å². The normalized spacial score (nSPS) is 10.9. The number of aromatic nitrogens is 2. The molecule has 0 bridgehead atoms. The van der Waals surface area contributed by atoms with Crippen molar-refractivity contribution >= 4 is 5.65 Å². The van der Waals surface area contributed by atoms with E-state index < -0.39 is 0 Å². The molecule has 0 spiro atoms. The Morgan fingerprint density at radius 2 is 2.00 bits per heavy atom. The van der Waals surface area contributed by atoms with Gasteiger partial charge in [0.15, 0.2) is 0 Å². The number of fused-ring (bicyclic) bond motifs is 1. The van der Waals surface area contributed by atoms with Gasteiger partial charge in [0.25, 0.3) is 0 Å². The third-order valence-electron chi connectivity index (χ3n) is 3.05. The Morgan fingerprint density at radius 3 is 2.79 bits per heavy atom. The second kappa shape index (κ2) is 4.39. The van der Waals surface area contributed by atoms with Crippen LogP contribution in [-0.2, 0) is 0 Å². The first-order valence-corrected chi connectivity index (χ1v) is 5.96. The Balaban J connectivity index is 2.21. The summed E-state index contributed by atoms with van der Waals surface area (Å²) in [6.07, 6.45) is 3.21. The number of pyridine rings is 1. The number of aryl methyl sites for hydroxylation is 1. The monoisotopic (exact) mass is 256 g/mol. The van der Waals surface area contributed by atoms with Crippen molar-refractivity contribution in [3.05, 3.63) is 54.1 Å². The average molecular weight is 256 g/mol. The van der Waals surface area contributed by atoms with E-state index in [9.17, 15) is 4.39 Å². The molecule has 0 saturated carbocycles. The van der Waals surface area contributed by atoms with Gasteiger partial charge in [0.05, 0.1) is 12.8 Å². The fraction of sp³-hybridized carbons (Fsp3) is 0.133. The quantitative estimate of drug-likeness (QED) is 0.702. The van der Waals surface area contributed by atoms with Crippen molar-refractivity contribution in [2.75, 3.05) is 7.11 Å². The molecule has 1 aromatic carbocycles. The number of halogens is 1. The second-order valence-electron chi connectivity index (χ2n) is 4.44. The molecule has 0 saturated heterocycles. The second-order valence-corrected chi connectivity index (χ2v) is 4.44. The van der Waals surface area contributed by atoms with Crippen LogP contribution in [0.15, 0.2) is 42.7 Å². The van der Waals surface area contributed by atoms with Gasteiger partial charge in [-0.2, -0.15) is 0 Å². The molecular formula is C15H13FN2O. The molecular weight excluding hydrogens is 243 g/mol. The molecule has 0 amide bonds. The molecule has 0 aliphatic carbocycles. The van der Waals surface area contributed by atoms with Crippen LogP contribution in [0.4, 0.5) is 4.39 Å². The number of nitrogens with zero attached hydrogens (tertiary/aromatic N) is 2. The number of rotatable bonds is 2. The zero-order chi connectivity index (χ0) is 13.4. The molecule has 4 heteroatoms. The van der Waals surface area contributed by atoms with Crippen LogP contribution >= 0.6 is 0 Å². The van der Waals surface area contributed by atoms with Crippen LogP contribution in [0.3, 0.4) is 0 Å². The Hall–Kier alpha value is -2.36. The Labute approximate surface area is 110 Å². The molecule has 19 heavy (non-hydrogen) atoms. The van der Waals surface area contributed by atoms with Crippen molar-refractivity contribution in [1.82, 2.24) is 9.38 Å². The summed E-state index contributed by atoms with van der Waals surface area (Å²) in [6, 6.07) is 8.96. The molecule has 2 heterocycles. The van der Waals surface area contributed by atoms with E-state index in [1.54, 1.807) is 23.8 Å². The predicted molar refractivity (Wildman–Crippen MR) is 71.9 cm³/mol. The van der Waals surface area contributed by atoms with Gasteiger partial charge in [-0.05, 0) is 31.2 Å². The summed E-state index contributed by atoms with van der Waals surface area (Å²) in [4.78, 5) is 4.49. The first-order chi connectivity index (χ1) is 9.17. The maximum absolute atomic E-state index is 13.2. The molecule has 96 valence electrons. The third kappa shape index (κ3) is 2.05. The number of imidazole rings is 1. The van der Waals surface area contributed by atoms with Gasteiger partial charge in [0.1, 0.15) is 17.2 Å². The van der Waals surface area contributed by atoms with Crippen molar-refractivity contribution in [2.24, 2.45) is 0 Å². The van der Waals surface area contributed by atoms with Gasteiger partial charge in [0.2, 0.25) is 0 Å². The minimum Gasteiger partial charge on any atom is -0.496 e. The fourth-order valence-corrected chi connectivity index (χ4v) is 2.12. The summed E-state index contributed by atoms with van der Waals surface area (Å²) in [6.45, 7) is 2.01. The zero-order valence-corrected chi connectivity index (χ0v) is 10.7. The average Bonchev–Trinajstić information content (AvgIpc) is 2.81. The van der Waals surface area contributed by atoms with Crippen molar-refractivity contribution in [3.63, 3.8) is 0 Å². The lowest BCUT2D eigenvalue weighted by atomic mass is 10.1. The van der Waals surface area contributed by atoms with E-state index >= 15 is 0 Å². The predicted octanol–water partition coefficient (Wildman–Crippen LogP) is 3.46. The van der Waals surface area contributed by atoms with Gasteiger partial charge >= 0.3 is 0 Å². The Bertz CT molecular complexity index is 749. The zero-order valence-electron chi connectivity index (χ0n) is 10.7. The highest BCUT2D eigenvalue weighted by atomic mass is 19.1. The molecule has 0 radical (unpaired) electrons. The first kappa shape index (κ1) is 11.7. The van der Waals surface area contributed by atoms with Crippen LogP contribution in [0.1, 0.15) is 5.56 Å². The van der Waals surface area contributed by atoms with Gasteiger partial charge in [0, 0.05) is 18.0 Å². The van der Waals surface area contributed by atoms with E-state index in [4.69, 9.17) is 4.74 Å². The van der Waals surface area contributed by atoms with Crippen LogP contribution in [0.25, 0.3) is 16.9 Å². The Kier molecular flexibility index (Phi) is 2.71. The molecule has 0 N–H and O–H groups in total. The number of ether oxygens (including phenoxy) is 1. The van der Waals surface area contributed by atoms with Gasteiger partial charge in [-0.25, -0.2) is 9.37 Å². The van der Waals surface area contributed by atoms with E-state index in [0.717, 1.165) is 22.6 Å². The largest absolute Gasteiger partial charge is 0.496 e. The van der Waals surface area contributed by atoms with Crippen LogP contribution in [0.2, 0.25) is 0 Å². The highest BCUT2D eigenvalue weighted by molar-refractivity contribution is 5.70. The van der Waals surface area contributed by atoms with Crippen molar-refractivity contribution in [2.45, 2.75) is 6.92 Å². The maximum atomic E-state index is 13.2. The number of hydrogen-bond acceptors (Lipinski definition) is 2. The maximum Gasteiger partial charge on any atom is 0.139 e. The summed E-state index contributed by atoms with van der Waals surface area (Å²) >= 11 is 0. The molecule has 2 aromatic heterocycles. The highest BCUT2D eigenvalue weighted by Gasteiger charge is 2.10.